The molecule has 0 aromatic carbocycles. The van der Waals surface area contributed by atoms with Crippen LogP contribution in [0.5, 0.6) is 0 Å². The van der Waals surface area contributed by atoms with E-state index in [0.29, 0.717) is 6.42 Å². The zero-order valence-electron chi connectivity index (χ0n) is 22.3. The fourth-order valence-corrected chi connectivity index (χ4v) is 8.45. The van der Waals surface area contributed by atoms with Gasteiger partial charge in [-0.25, -0.2) is 0 Å². The van der Waals surface area contributed by atoms with Crippen LogP contribution in [-0.4, -0.2) is 46.9 Å². The second kappa shape index (κ2) is 9.23. The standard InChI is InChI=1S/C29H40O7/c1-7-23(33)35-15-22(32)29(36-24(34)8-2)17(4)12-20-25-16(3)11-18-13-19(30)9-10-27(18,5)26(25)21(31)14-28(20,29)6/h9-10,13,16-17,20-21,25-26,31H,7-8,11-12,14-15H2,1-6H3/t16-,17-,20+,21+,25+,26+,27+,28+,29+/m1/s1. The molecule has 3 saturated carbocycles. The highest BCUT2D eigenvalue weighted by molar-refractivity contribution is 6.01. The quantitative estimate of drug-likeness (QED) is 0.550. The van der Waals surface area contributed by atoms with Crippen molar-refractivity contribution in [3.05, 3.63) is 23.8 Å². The molecule has 7 heteroatoms. The van der Waals surface area contributed by atoms with Crippen LogP contribution >= 0.6 is 0 Å². The van der Waals surface area contributed by atoms with Gasteiger partial charge < -0.3 is 14.6 Å². The summed E-state index contributed by atoms with van der Waals surface area (Å²) >= 11 is 0. The van der Waals surface area contributed by atoms with Crippen LogP contribution in [0.1, 0.15) is 73.6 Å². The monoisotopic (exact) mass is 500 g/mol. The van der Waals surface area contributed by atoms with E-state index < -0.39 is 46.9 Å². The van der Waals surface area contributed by atoms with Crippen molar-refractivity contribution in [2.75, 3.05) is 6.61 Å². The first-order valence-electron chi connectivity index (χ1n) is 13.4. The number of fused-ring (bicyclic) bond motifs is 5. The van der Waals surface area contributed by atoms with Gasteiger partial charge in [0.2, 0.25) is 5.78 Å². The molecule has 0 aromatic heterocycles. The molecule has 4 aliphatic rings. The zero-order valence-corrected chi connectivity index (χ0v) is 22.3. The summed E-state index contributed by atoms with van der Waals surface area (Å²) in [4.78, 5) is 50.7. The Labute approximate surface area is 213 Å². The van der Waals surface area contributed by atoms with Crippen molar-refractivity contribution >= 4 is 23.5 Å². The molecule has 0 saturated heterocycles. The molecule has 0 bridgehead atoms. The molecular formula is C29H40O7. The molecule has 4 rings (SSSR count). The van der Waals surface area contributed by atoms with Crippen LogP contribution in [-0.2, 0) is 28.7 Å². The fraction of sp³-hybridized carbons (Fsp3) is 0.724. The Morgan fingerprint density at radius 2 is 1.78 bits per heavy atom. The van der Waals surface area contributed by atoms with E-state index in [1.807, 2.05) is 19.9 Å². The molecule has 36 heavy (non-hydrogen) atoms. The molecule has 0 aromatic rings. The minimum Gasteiger partial charge on any atom is -0.457 e. The predicted molar refractivity (Wildman–Crippen MR) is 132 cm³/mol. The first kappa shape index (κ1) is 26.8. The van der Waals surface area contributed by atoms with Gasteiger partial charge >= 0.3 is 11.9 Å². The highest BCUT2D eigenvalue weighted by atomic mass is 16.6. The smallest absolute Gasteiger partial charge is 0.306 e. The van der Waals surface area contributed by atoms with Gasteiger partial charge in [-0.15, -0.1) is 0 Å². The number of allylic oxidation sites excluding steroid dienone is 4. The van der Waals surface area contributed by atoms with E-state index in [9.17, 15) is 24.3 Å². The first-order chi connectivity index (χ1) is 16.9. The van der Waals surface area contributed by atoms with Crippen molar-refractivity contribution in [2.24, 2.45) is 40.4 Å². The lowest BCUT2D eigenvalue weighted by Crippen LogP contribution is -2.65. The van der Waals surface area contributed by atoms with Gasteiger partial charge in [-0.3, -0.25) is 19.2 Å². The van der Waals surface area contributed by atoms with Crippen LogP contribution < -0.4 is 0 Å². The lowest BCUT2D eigenvalue weighted by molar-refractivity contribution is -0.208. The molecule has 3 fully saturated rings. The first-order valence-corrected chi connectivity index (χ1v) is 13.4. The highest BCUT2D eigenvalue weighted by Crippen LogP contribution is 2.70. The molecular weight excluding hydrogens is 460 g/mol. The van der Waals surface area contributed by atoms with Crippen LogP contribution in [0.4, 0.5) is 0 Å². The van der Waals surface area contributed by atoms with Crippen molar-refractivity contribution in [2.45, 2.75) is 85.4 Å². The Kier molecular flexibility index (Phi) is 6.87. The molecule has 4 aliphatic carbocycles. The maximum absolute atomic E-state index is 13.9. The normalized spacial score (nSPS) is 43.1. The lowest BCUT2D eigenvalue weighted by Gasteiger charge is -2.61. The maximum atomic E-state index is 13.9. The van der Waals surface area contributed by atoms with Crippen LogP contribution in [0.2, 0.25) is 0 Å². The summed E-state index contributed by atoms with van der Waals surface area (Å²) < 4.78 is 11.3. The van der Waals surface area contributed by atoms with Gasteiger partial charge in [0.25, 0.3) is 0 Å². The molecule has 7 nitrogen and oxygen atoms in total. The third-order valence-corrected chi connectivity index (χ3v) is 10.0. The predicted octanol–water partition coefficient (Wildman–Crippen LogP) is 3.97. The third kappa shape index (κ3) is 3.72. The number of aliphatic hydroxyl groups excluding tert-OH is 1. The van der Waals surface area contributed by atoms with E-state index in [1.54, 1.807) is 26.0 Å². The summed E-state index contributed by atoms with van der Waals surface area (Å²) in [5.41, 5.74) is -1.70. The van der Waals surface area contributed by atoms with E-state index in [1.165, 1.54) is 0 Å². The van der Waals surface area contributed by atoms with E-state index in [4.69, 9.17) is 9.47 Å². The summed E-state index contributed by atoms with van der Waals surface area (Å²) in [6.07, 6.45) is 6.48. The minimum atomic E-state index is -1.49. The topological polar surface area (TPSA) is 107 Å². The average Bonchev–Trinajstić information content (AvgIpc) is 3.04. The third-order valence-electron chi connectivity index (χ3n) is 10.0. The number of Topliss-reactive ketones (excluding diaryl/α,β-unsaturated/α-hetero) is 1. The van der Waals surface area contributed by atoms with Crippen LogP contribution in [0, 0.1) is 40.4 Å². The van der Waals surface area contributed by atoms with E-state index in [2.05, 4.69) is 13.8 Å². The van der Waals surface area contributed by atoms with Gasteiger partial charge in [0.1, 0.15) is 0 Å². The van der Waals surface area contributed by atoms with Crippen molar-refractivity contribution in [1.29, 1.82) is 0 Å². The number of hydrogen-bond donors (Lipinski definition) is 1. The molecule has 9 atom stereocenters. The van der Waals surface area contributed by atoms with Gasteiger partial charge in [0.05, 0.1) is 6.10 Å². The fourth-order valence-electron chi connectivity index (χ4n) is 8.45. The Bertz CT molecular complexity index is 1030. The summed E-state index contributed by atoms with van der Waals surface area (Å²) in [6, 6.07) is 0. The Morgan fingerprint density at radius 1 is 1.11 bits per heavy atom. The number of aliphatic hydroxyl groups is 1. The minimum absolute atomic E-state index is 0.00999. The molecule has 1 N–H and O–H groups in total. The highest BCUT2D eigenvalue weighted by Gasteiger charge is 2.73. The summed E-state index contributed by atoms with van der Waals surface area (Å²) in [5.74, 6) is -1.56. The Morgan fingerprint density at radius 3 is 2.42 bits per heavy atom. The Balaban J connectivity index is 1.79. The number of rotatable bonds is 6. The molecule has 0 radical (unpaired) electrons. The lowest BCUT2D eigenvalue weighted by atomic mass is 9.44. The number of hydrogen-bond acceptors (Lipinski definition) is 7. The maximum Gasteiger partial charge on any atom is 0.306 e. The number of esters is 2. The second-order valence-electron chi connectivity index (χ2n) is 11.9. The number of carbonyl (C=O) groups excluding carboxylic acids is 4. The van der Waals surface area contributed by atoms with Gasteiger partial charge in [0.15, 0.2) is 18.0 Å². The van der Waals surface area contributed by atoms with Crippen molar-refractivity contribution in [3.8, 4) is 0 Å². The second-order valence-corrected chi connectivity index (χ2v) is 11.9. The molecule has 0 spiro atoms. The summed E-state index contributed by atoms with van der Waals surface area (Å²) in [6.45, 7) is 11.1. The number of ketones is 2. The van der Waals surface area contributed by atoms with Gasteiger partial charge in [-0.05, 0) is 49.2 Å². The van der Waals surface area contributed by atoms with Crippen molar-refractivity contribution in [1.82, 2.24) is 0 Å². The molecule has 0 heterocycles. The SMILES string of the molecule is CCC(=O)OCC(=O)[C@@]1(OC(=O)CC)[C@H](C)C[C@H]2[C@H]3[C@H]([C@@H](O)C[C@@]21C)[C@@]1(C)C=CC(=O)C=C1C[C@H]3C. The van der Waals surface area contributed by atoms with Gasteiger partial charge in [-0.2, -0.15) is 0 Å². The van der Waals surface area contributed by atoms with E-state index >= 15 is 0 Å². The largest absolute Gasteiger partial charge is 0.457 e. The molecule has 0 unspecified atom stereocenters. The van der Waals surface area contributed by atoms with Crippen LogP contribution in [0.25, 0.3) is 0 Å². The van der Waals surface area contributed by atoms with Crippen LogP contribution in [0.15, 0.2) is 23.8 Å². The Hall–Kier alpha value is -2.28. The molecule has 0 aliphatic heterocycles. The summed E-state index contributed by atoms with van der Waals surface area (Å²) in [7, 11) is 0. The van der Waals surface area contributed by atoms with Crippen molar-refractivity contribution < 1.29 is 33.8 Å². The number of carbonyl (C=O) groups is 4. The zero-order chi connectivity index (χ0) is 26.6. The van der Waals surface area contributed by atoms with Crippen LogP contribution in [0.3, 0.4) is 0 Å². The van der Waals surface area contributed by atoms with Gasteiger partial charge in [0, 0.05) is 35.5 Å². The van der Waals surface area contributed by atoms with E-state index in [-0.39, 0.29) is 54.6 Å². The summed E-state index contributed by atoms with van der Waals surface area (Å²) in [5, 5.41) is 11.8. The van der Waals surface area contributed by atoms with Gasteiger partial charge in [-0.1, -0.05) is 53.2 Å². The molecule has 198 valence electrons. The average molecular weight is 501 g/mol. The number of ether oxygens (including phenoxy) is 2. The van der Waals surface area contributed by atoms with E-state index in [0.717, 1.165) is 12.0 Å². The molecule has 0 amide bonds. The van der Waals surface area contributed by atoms with Crippen molar-refractivity contribution in [3.63, 3.8) is 0 Å².